The SMILES string of the molecule is O=C(C1CCCN1C1CCNCC1)N1CC(O)C(O)C1. The van der Waals surface area contributed by atoms with Gasteiger partial charge in [0.05, 0.1) is 18.2 Å². The van der Waals surface area contributed by atoms with Crippen LogP contribution in [0, 0.1) is 0 Å². The summed E-state index contributed by atoms with van der Waals surface area (Å²) in [4.78, 5) is 16.6. The summed E-state index contributed by atoms with van der Waals surface area (Å²) in [6.45, 7) is 3.61. The van der Waals surface area contributed by atoms with Crippen LogP contribution >= 0.6 is 0 Å². The smallest absolute Gasteiger partial charge is 0.240 e. The number of likely N-dealkylation sites (tertiary alicyclic amines) is 2. The van der Waals surface area contributed by atoms with Crippen LogP contribution in [0.3, 0.4) is 0 Å². The number of aliphatic hydroxyl groups is 2. The van der Waals surface area contributed by atoms with E-state index in [-0.39, 0.29) is 25.0 Å². The largest absolute Gasteiger partial charge is 0.388 e. The third-order valence-electron chi connectivity index (χ3n) is 4.93. The monoisotopic (exact) mass is 283 g/mol. The van der Waals surface area contributed by atoms with Crippen molar-refractivity contribution in [1.29, 1.82) is 0 Å². The Labute approximate surface area is 119 Å². The molecular formula is C14H25N3O3. The van der Waals surface area contributed by atoms with E-state index in [2.05, 4.69) is 10.2 Å². The molecule has 0 spiro atoms. The van der Waals surface area contributed by atoms with Crippen LogP contribution in [0.5, 0.6) is 0 Å². The average molecular weight is 283 g/mol. The van der Waals surface area contributed by atoms with Crippen molar-refractivity contribution in [1.82, 2.24) is 15.1 Å². The molecule has 0 aromatic rings. The molecule has 114 valence electrons. The Balaban J connectivity index is 1.64. The summed E-state index contributed by atoms with van der Waals surface area (Å²) in [6, 6.07) is 0.459. The number of hydrogen-bond acceptors (Lipinski definition) is 5. The highest BCUT2D eigenvalue weighted by molar-refractivity contribution is 5.82. The molecule has 1 amide bonds. The first-order valence-corrected chi connectivity index (χ1v) is 7.78. The maximum absolute atomic E-state index is 12.6. The van der Waals surface area contributed by atoms with Crippen LogP contribution in [0.1, 0.15) is 25.7 Å². The summed E-state index contributed by atoms with van der Waals surface area (Å²) in [5, 5.41) is 22.6. The topological polar surface area (TPSA) is 76.0 Å². The van der Waals surface area contributed by atoms with Crippen LogP contribution in [-0.4, -0.2) is 82.9 Å². The molecule has 3 heterocycles. The molecule has 6 nitrogen and oxygen atoms in total. The lowest BCUT2D eigenvalue weighted by molar-refractivity contribution is -0.136. The Morgan fingerprint density at radius 2 is 1.70 bits per heavy atom. The summed E-state index contributed by atoms with van der Waals surface area (Å²) in [5.74, 6) is 0.0941. The fourth-order valence-electron chi connectivity index (χ4n) is 3.79. The Morgan fingerprint density at radius 1 is 1.05 bits per heavy atom. The van der Waals surface area contributed by atoms with Crippen molar-refractivity contribution in [2.75, 3.05) is 32.7 Å². The fourth-order valence-corrected chi connectivity index (χ4v) is 3.79. The van der Waals surface area contributed by atoms with Gasteiger partial charge in [-0.3, -0.25) is 9.69 Å². The predicted octanol–water partition coefficient (Wildman–Crippen LogP) is -1.23. The zero-order chi connectivity index (χ0) is 14.1. The Kier molecular flexibility index (Phi) is 4.26. The number of carbonyl (C=O) groups is 1. The van der Waals surface area contributed by atoms with Gasteiger partial charge < -0.3 is 20.4 Å². The number of piperidine rings is 1. The van der Waals surface area contributed by atoms with Gasteiger partial charge in [0.15, 0.2) is 0 Å². The number of rotatable bonds is 2. The summed E-state index contributed by atoms with van der Waals surface area (Å²) < 4.78 is 0. The molecule has 20 heavy (non-hydrogen) atoms. The quantitative estimate of drug-likeness (QED) is 0.591. The lowest BCUT2D eigenvalue weighted by Gasteiger charge is -2.36. The molecule has 3 atom stereocenters. The molecule has 3 aliphatic heterocycles. The van der Waals surface area contributed by atoms with Gasteiger partial charge in [-0.1, -0.05) is 0 Å². The van der Waals surface area contributed by atoms with Crippen LogP contribution in [0.15, 0.2) is 0 Å². The molecular weight excluding hydrogens is 258 g/mol. The van der Waals surface area contributed by atoms with Crippen molar-refractivity contribution in [2.45, 2.75) is 50.0 Å². The maximum atomic E-state index is 12.6. The summed E-state index contributed by atoms with van der Waals surface area (Å²) >= 11 is 0. The van der Waals surface area contributed by atoms with Crippen molar-refractivity contribution in [2.24, 2.45) is 0 Å². The van der Waals surface area contributed by atoms with Crippen molar-refractivity contribution in [3.8, 4) is 0 Å². The first-order chi connectivity index (χ1) is 9.66. The summed E-state index contributed by atoms with van der Waals surface area (Å²) in [5.41, 5.74) is 0. The Morgan fingerprint density at radius 3 is 2.35 bits per heavy atom. The van der Waals surface area contributed by atoms with E-state index in [1.54, 1.807) is 4.90 Å². The lowest BCUT2D eigenvalue weighted by Crippen LogP contribution is -2.51. The average Bonchev–Trinajstić information content (AvgIpc) is 3.07. The zero-order valence-electron chi connectivity index (χ0n) is 11.9. The van der Waals surface area contributed by atoms with Gasteiger partial charge in [0.1, 0.15) is 0 Å². The van der Waals surface area contributed by atoms with Crippen LogP contribution < -0.4 is 5.32 Å². The highest BCUT2D eigenvalue weighted by Crippen LogP contribution is 2.26. The van der Waals surface area contributed by atoms with E-state index >= 15 is 0 Å². The molecule has 0 aromatic heterocycles. The second-order valence-corrected chi connectivity index (χ2v) is 6.25. The molecule has 3 unspecified atom stereocenters. The van der Waals surface area contributed by atoms with Gasteiger partial charge in [-0.2, -0.15) is 0 Å². The predicted molar refractivity (Wildman–Crippen MR) is 74.2 cm³/mol. The molecule has 6 heteroatoms. The van der Waals surface area contributed by atoms with E-state index in [9.17, 15) is 15.0 Å². The van der Waals surface area contributed by atoms with E-state index in [0.717, 1.165) is 45.3 Å². The van der Waals surface area contributed by atoms with Gasteiger partial charge in [-0.15, -0.1) is 0 Å². The van der Waals surface area contributed by atoms with E-state index in [0.29, 0.717) is 6.04 Å². The molecule has 3 aliphatic rings. The lowest BCUT2D eigenvalue weighted by atomic mass is 10.0. The van der Waals surface area contributed by atoms with Crippen molar-refractivity contribution < 1.29 is 15.0 Å². The molecule has 0 aliphatic carbocycles. The van der Waals surface area contributed by atoms with Crippen LogP contribution in [0.2, 0.25) is 0 Å². The van der Waals surface area contributed by atoms with Crippen LogP contribution in [0.4, 0.5) is 0 Å². The number of amides is 1. The normalized spacial score (nSPS) is 36.7. The summed E-state index contributed by atoms with van der Waals surface area (Å²) in [7, 11) is 0. The molecule has 0 radical (unpaired) electrons. The van der Waals surface area contributed by atoms with Gasteiger partial charge >= 0.3 is 0 Å². The second-order valence-electron chi connectivity index (χ2n) is 6.25. The number of nitrogens with one attached hydrogen (secondary N) is 1. The highest BCUT2D eigenvalue weighted by atomic mass is 16.3. The second kappa shape index (κ2) is 5.97. The molecule has 3 N–H and O–H groups in total. The minimum Gasteiger partial charge on any atom is -0.388 e. The van der Waals surface area contributed by atoms with Gasteiger partial charge in [-0.25, -0.2) is 0 Å². The minimum absolute atomic E-state index is 0.0457. The van der Waals surface area contributed by atoms with E-state index < -0.39 is 12.2 Å². The van der Waals surface area contributed by atoms with Crippen LogP contribution in [-0.2, 0) is 4.79 Å². The highest BCUT2D eigenvalue weighted by Gasteiger charge is 2.41. The third kappa shape index (κ3) is 2.70. The molecule has 3 fully saturated rings. The number of hydrogen-bond donors (Lipinski definition) is 3. The van der Waals surface area contributed by atoms with E-state index in [1.807, 2.05) is 0 Å². The number of carbonyl (C=O) groups excluding carboxylic acids is 1. The third-order valence-corrected chi connectivity index (χ3v) is 4.93. The standard InChI is InChI=1S/C14H25N3O3/c18-12-8-16(9-13(12)19)14(20)11-2-1-7-17(11)10-3-5-15-6-4-10/h10-13,15,18-19H,1-9H2. The van der Waals surface area contributed by atoms with Crippen molar-refractivity contribution in [3.05, 3.63) is 0 Å². The number of aliphatic hydroxyl groups excluding tert-OH is 2. The van der Waals surface area contributed by atoms with E-state index in [4.69, 9.17) is 0 Å². The maximum Gasteiger partial charge on any atom is 0.240 e. The Hall–Kier alpha value is -0.690. The van der Waals surface area contributed by atoms with Gasteiger partial charge in [0.25, 0.3) is 0 Å². The number of β-amino-alcohol motifs (C(OH)–C–C–N with tert-alkyl or cyclic N) is 2. The fraction of sp³-hybridized carbons (Fsp3) is 0.929. The van der Waals surface area contributed by atoms with Crippen molar-refractivity contribution in [3.63, 3.8) is 0 Å². The summed E-state index contributed by atoms with van der Waals surface area (Å²) in [6.07, 6.45) is 2.62. The Bertz CT molecular complexity index is 350. The van der Waals surface area contributed by atoms with Crippen LogP contribution in [0.25, 0.3) is 0 Å². The molecule has 0 bridgehead atoms. The van der Waals surface area contributed by atoms with E-state index in [1.165, 1.54) is 0 Å². The van der Waals surface area contributed by atoms with Crippen molar-refractivity contribution >= 4 is 5.91 Å². The first-order valence-electron chi connectivity index (χ1n) is 7.78. The number of nitrogens with zero attached hydrogens (tertiary/aromatic N) is 2. The molecule has 3 rings (SSSR count). The van der Waals surface area contributed by atoms with Gasteiger partial charge in [0.2, 0.25) is 5.91 Å². The zero-order valence-corrected chi connectivity index (χ0v) is 11.9. The van der Waals surface area contributed by atoms with Gasteiger partial charge in [0, 0.05) is 19.1 Å². The molecule has 3 saturated heterocycles. The first kappa shape index (κ1) is 14.3. The minimum atomic E-state index is -0.785. The molecule has 0 aromatic carbocycles. The van der Waals surface area contributed by atoms with Gasteiger partial charge in [-0.05, 0) is 45.3 Å². The molecule has 0 saturated carbocycles.